The highest BCUT2D eigenvalue weighted by molar-refractivity contribution is 7.94. The summed E-state index contributed by atoms with van der Waals surface area (Å²) in [7, 11) is -4.15. The molecule has 0 atom stereocenters. The molecule has 190 valence electrons. The van der Waals surface area contributed by atoms with Gasteiger partial charge in [-0.1, -0.05) is 24.3 Å². The van der Waals surface area contributed by atoms with E-state index in [1.165, 1.54) is 11.6 Å². The molecule has 0 fully saturated rings. The molecule has 0 unspecified atom stereocenters. The highest BCUT2D eigenvalue weighted by Gasteiger charge is 2.35. The van der Waals surface area contributed by atoms with Crippen LogP contribution in [0.15, 0.2) is 63.2 Å². The van der Waals surface area contributed by atoms with Gasteiger partial charge in [0.2, 0.25) is 4.34 Å². The monoisotopic (exact) mass is 556 g/mol. The summed E-state index contributed by atoms with van der Waals surface area (Å²) in [4.78, 5) is 17.5. The first-order valence-electron chi connectivity index (χ1n) is 10.4. The first-order chi connectivity index (χ1) is 17.0. The van der Waals surface area contributed by atoms with Gasteiger partial charge in [0, 0.05) is 34.7 Å². The van der Waals surface area contributed by atoms with E-state index in [-0.39, 0.29) is 27.3 Å². The van der Waals surface area contributed by atoms with Crippen LogP contribution in [0.5, 0.6) is 5.75 Å². The van der Waals surface area contributed by atoms with Crippen molar-refractivity contribution in [1.29, 1.82) is 0 Å². The van der Waals surface area contributed by atoms with Crippen molar-refractivity contribution < 1.29 is 26.3 Å². The fourth-order valence-electron chi connectivity index (χ4n) is 3.37. The maximum absolute atomic E-state index is 13.5. The minimum absolute atomic E-state index is 0.0372. The van der Waals surface area contributed by atoms with Gasteiger partial charge in [-0.2, -0.15) is 26.0 Å². The number of alkyl halides is 3. The third kappa shape index (κ3) is 5.44. The van der Waals surface area contributed by atoms with Crippen LogP contribution in [0.2, 0.25) is 0 Å². The van der Waals surface area contributed by atoms with Crippen LogP contribution in [0.4, 0.5) is 18.9 Å². The van der Waals surface area contributed by atoms with Gasteiger partial charge in [0.15, 0.2) is 5.82 Å². The van der Waals surface area contributed by atoms with E-state index < -0.39 is 27.8 Å². The molecule has 1 N–H and O–H groups in total. The number of benzene rings is 2. The van der Waals surface area contributed by atoms with Gasteiger partial charge in [0.05, 0.1) is 11.3 Å². The summed E-state index contributed by atoms with van der Waals surface area (Å²) < 4.78 is 77.5. The molecule has 2 aromatic heterocycles. The normalized spacial score (nSPS) is 12.2. The topological polar surface area (TPSA) is 105 Å². The van der Waals surface area contributed by atoms with Crippen LogP contribution in [0.25, 0.3) is 11.4 Å². The maximum atomic E-state index is 13.5. The summed E-state index contributed by atoms with van der Waals surface area (Å²) in [5, 5.41) is 1.50. The van der Waals surface area contributed by atoms with Crippen molar-refractivity contribution in [3.63, 3.8) is 0 Å². The molecule has 2 heterocycles. The van der Waals surface area contributed by atoms with E-state index >= 15 is 0 Å². The molecule has 0 saturated carbocycles. The molecule has 0 radical (unpaired) electrons. The van der Waals surface area contributed by atoms with E-state index in [1.54, 1.807) is 38.1 Å². The van der Waals surface area contributed by atoms with Crippen LogP contribution in [0.3, 0.4) is 0 Å². The highest BCUT2D eigenvalue weighted by Crippen LogP contribution is 2.40. The third-order valence-corrected chi connectivity index (χ3v) is 8.65. The second-order valence-corrected chi connectivity index (χ2v) is 11.4. The quantitative estimate of drug-likeness (QED) is 0.322. The van der Waals surface area contributed by atoms with Crippen LogP contribution in [-0.4, -0.2) is 28.8 Å². The molecule has 0 spiro atoms. The Kier molecular flexibility index (Phi) is 7.20. The molecule has 4 aromatic rings. The standard InChI is InChI=1S/C22H19F3N4O4S3/c1-13(2)29(36(31,32)21-26-9-10-34-21)17-8-7-16(22(23,24)25)11-18(17)33-12-14-3-5-15(6-4-14)19-27-20(30)35-28-19/h3-11,13H,12H2,1-2H3,(H,27,28,30). The Labute approximate surface area is 212 Å². The smallest absolute Gasteiger partial charge is 0.416 e. The van der Waals surface area contributed by atoms with E-state index in [9.17, 15) is 26.4 Å². The molecule has 0 aliphatic rings. The number of sulfonamides is 1. The van der Waals surface area contributed by atoms with Gasteiger partial charge in [0.1, 0.15) is 12.4 Å². The van der Waals surface area contributed by atoms with Crippen molar-refractivity contribution >= 4 is 38.6 Å². The number of hydrogen-bond donors (Lipinski definition) is 1. The number of aromatic nitrogens is 3. The van der Waals surface area contributed by atoms with Crippen molar-refractivity contribution in [2.75, 3.05) is 4.31 Å². The fraction of sp³-hybridized carbons (Fsp3) is 0.227. The molecule has 36 heavy (non-hydrogen) atoms. The van der Waals surface area contributed by atoms with Crippen LogP contribution in [-0.2, 0) is 22.8 Å². The van der Waals surface area contributed by atoms with Crippen LogP contribution < -0.4 is 13.9 Å². The Bertz CT molecular complexity index is 1500. The Morgan fingerprint density at radius 1 is 1.14 bits per heavy atom. The van der Waals surface area contributed by atoms with Gasteiger partial charge in [-0.25, -0.2) is 4.98 Å². The van der Waals surface area contributed by atoms with E-state index in [2.05, 4.69) is 14.3 Å². The number of thiazole rings is 1. The lowest BCUT2D eigenvalue weighted by Crippen LogP contribution is -2.37. The zero-order chi connectivity index (χ0) is 26.1. The lowest BCUT2D eigenvalue weighted by Gasteiger charge is -2.29. The predicted octanol–water partition coefficient (Wildman–Crippen LogP) is 5.16. The number of aromatic amines is 1. The lowest BCUT2D eigenvalue weighted by atomic mass is 10.1. The summed E-state index contributed by atoms with van der Waals surface area (Å²) in [6.07, 6.45) is -3.31. The molecule has 8 nitrogen and oxygen atoms in total. The minimum Gasteiger partial charge on any atom is -0.487 e. The zero-order valence-corrected chi connectivity index (χ0v) is 21.3. The van der Waals surface area contributed by atoms with E-state index in [0.717, 1.165) is 45.4 Å². The van der Waals surface area contributed by atoms with Crippen LogP contribution >= 0.6 is 22.9 Å². The Balaban J connectivity index is 1.68. The highest BCUT2D eigenvalue weighted by atomic mass is 32.2. The molecular weight excluding hydrogens is 537 g/mol. The number of nitrogens with zero attached hydrogens (tertiary/aromatic N) is 3. The second-order valence-electron chi connectivity index (χ2n) is 7.80. The minimum atomic E-state index is -4.65. The third-order valence-electron chi connectivity index (χ3n) is 4.94. The number of nitrogens with one attached hydrogen (secondary N) is 1. The van der Waals surface area contributed by atoms with E-state index in [1.807, 2.05) is 0 Å². The number of hydrogen-bond acceptors (Lipinski definition) is 8. The largest absolute Gasteiger partial charge is 0.487 e. The molecule has 0 amide bonds. The van der Waals surface area contributed by atoms with Crippen LogP contribution in [0.1, 0.15) is 25.0 Å². The first kappa shape index (κ1) is 25.9. The molecule has 0 bridgehead atoms. The zero-order valence-electron chi connectivity index (χ0n) is 18.8. The SMILES string of the molecule is CC(C)N(c1ccc(C(F)(F)F)cc1OCc1ccc(-c2nsc(=O)[nH]2)cc1)S(=O)(=O)c1nccs1. The van der Waals surface area contributed by atoms with Gasteiger partial charge < -0.3 is 4.74 Å². The lowest BCUT2D eigenvalue weighted by molar-refractivity contribution is -0.137. The van der Waals surface area contributed by atoms with Gasteiger partial charge in [-0.15, -0.1) is 11.3 Å². The van der Waals surface area contributed by atoms with E-state index in [0.29, 0.717) is 17.0 Å². The summed E-state index contributed by atoms with van der Waals surface area (Å²) >= 11 is 1.69. The van der Waals surface area contributed by atoms with Crippen LogP contribution in [0, 0.1) is 0 Å². The van der Waals surface area contributed by atoms with Gasteiger partial charge in [-0.3, -0.25) is 14.1 Å². The van der Waals surface area contributed by atoms with Crippen molar-refractivity contribution in [3.8, 4) is 17.1 Å². The summed E-state index contributed by atoms with van der Waals surface area (Å²) in [6, 6.07) is 8.77. The van der Waals surface area contributed by atoms with Crippen molar-refractivity contribution in [3.05, 3.63) is 74.8 Å². The number of H-pyrrole nitrogens is 1. The number of anilines is 1. The molecule has 14 heteroatoms. The Morgan fingerprint density at radius 3 is 2.42 bits per heavy atom. The number of halogens is 3. The Hall–Kier alpha value is -3.23. The first-order valence-corrected chi connectivity index (χ1v) is 13.5. The molecule has 4 rings (SSSR count). The van der Waals surface area contributed by atoms with Crippen molar-refractivity contribution in [2.24, 2.45) is 0 Å². The Morgan fingerprint density at radius 2 is 1.86 bits per heavy atom. The van der Waals surface area contributed by atoms with Crippen molar-refractivity contribution in [2.45, 2.75) is 37.0 Å². The second kappa shape index (κ2) is 10.0. The average Bonchev–Trinajstić information content (AvgIpc) is 3.50. The van der Waals surface area contributed by atoms with Crippen molar-refractivity contribution in [1.82, 2.24) is 14.3 Å². The number of rotatable bonds is 8. The molecule has 0 saturated heterocycles. The summed E-state index contributed by atoms with van der Waals surface area (Å²) in [6.45, 7) is 3.08. The predicted molar refractivity (Wildman–Crippen MR) is 131 cm³/mol. The summed E-state index contributed by atoms with van der Waals surface area (Å²) in [5.41, 5.74) is 0.250. The molecule has 0 aliphatic carbocycles. The van der Waals surface area contributed by atoms with Gasteiger partial charge >= 0.3 is 11.0 Å². The fourth-order valence-corrected chi connectivity index (χ4v) is 6.42. The van der Waals surface area contributed by atoms with Gasteiger partial charge in [0.25, 0.3) is 10.0 Å². The molecule has 0 aliphatic heterocycles. The average molecular weight is 557 g/mol. The van der Waals surface area contributed by atoms with Gasteiger partial charge in [-0.05, 0) is 37.6 Å². The molecular formula is C22H19F3N4O4S3. The molecule has 2 aromatic carbocycles. The maximum Gasteiger partial charge on any atom is 0.416 e. The summed E-state index contributed by atoms with van der Waals surface area (Å²) in [5.74, 6) is 0.157. The van der Waals surface area contributed by atoms with E-state index in [4.69, 9.17) is 4.74 Å². The number of ether oxygens (including phenoxy) is 1.